The summed E-state index contributed by atoms with van der Waals surface area (Å²) in [7, 11) is 0. The molecular formula is C16H18FN3O2. The van der Waals surface area contributed by atoms with Crippen LogP contribution >= 0.6 is 0 Å². The van der Waals surface area contributed by atoms with Gasteiger partial charge >= 0.3 is 0 Å². The van der Waals surface area contributed by atoms with Crippen molar-refractivity contribution in [1.82, 2.24) is 15.0 Å². The van der Waals surface area contributed by atoms with Gasteiger partial charge in [0.15, 0.2) is 0 Å². The van der Waals surface area contributed by atoms with Crippen molar-refractivity contribution in [3.63, 3.8) is 0 Å². The molecule has 0 saturated carbocycles. The Morgan fingerprint density at radius 1 is 1.27 bits per heavy atom. The van der Waals surface area contributed by atoms with Gasteiger partial charge in [-0.3, -0.25) is 4.79 Å². The summed E-state index contributed by atoms with van der Waals surface area (Å²) in [6.45, 7) is 1.69. The summed E-state index contributed by atoms with van der Waals surface area (Å²) in [6.07, 6.45) is 4.14. The Morgan fingerprint density at radius 3 is 2.86 bits per heavy atom. The lowest BCUT2D eigenvalue weighted by Gasteiger charge is -2.26. The summed E-state index contributed by atoms with van der Waals surface area (Å²) in [5.74, 6) is 0.541. The van der Waals surface area contributed by atoms with Crippen LogP contribution in [0.15, 0.2) is 28.8 Å². The van der Waals surface area contributed by atoms with Crippen LogP contribution in [0.5, 0.6) is 0 Å². The van der Waals surface area contributed by atoms with E-state index in [9.17, 15) is 9.18 Å². The van der Waals surface area contributed by atoms with Crippen molar-refractivity contribution < 1.29 is 13.7 Å². The van der Waals surface area contributed by atoms with E-state index in [1.807, 2.05) is 4.90 Å². The van der Waals surface area contributed by atoms with Gasteiger partial charge in [-0.15, -0.1) is 0 Å². The molecular weight excluding hydrogens is 285 g/mol. The monoisotopic (exact) mass is 303 g/mol. The van der Waals surface area contributed by atoms with Gasteiger partial charge in [-0.25, -0.2) is 4.39 Å². The van der Waals surface area contributed by atoms with Crippen molar-refractivity contribution in [1.29, 1.82) is 0 Å². The Morgan fingerprint density at radius 2 is 2.09 bits per heavy atom. The minimum absolute atomic E-state index is 0.130. The van der Waals surface area contributed by atoms with E-state index in [1.54, 1.807) is 12.1 Å². The van der Waals surface area contributed by atoms with Gasteiger partial charge in [0.2, 0.25) is 17.6 Å². The Labute approximate surface area is 128 Å². The molecule has 0 bridgehead atoms. The topological polar surface area (TPSA) is 59.2 Å². The van der Waals surface area contributed by atoms with Crippen molar-refractivity contribution in [3.05, 3.63) is 36.0 Å². The lowest BCUT2D eigenvalue weighted by atomic mass is 10.1. The molecule has 1 aliphatic rings. The molecule has 22 heavy (non-hydrogen) atoms. The van der Waals surface area contributed by atoms with Crippen LogP contribution in [0.2, 0.25) is 0 Å². The number of rotatable bonds is 4. The van der Waals surface area contributed by atoms with E-state index in [4.69, 9.17) is 4.52 Å². The number of carbonyl (C=O) groups is 1. The molecule has 2 heterocycles. The molecule has 1 fully saturated rings. The van der Waals surface area contributed by atoms with E-state index < -0.39 is 0 Å². The lowest BCUT2D eigenvalue weighted by Crippen LogP contribution is -2.35. The number of likely N-dealkylation sites (tertiary alicyclic amines) is 1. The molecule has 0 unspecified atom stereocenters. The minimum atomic E-state index is -0.343. The molecule has 1 saturated heterocycles. The summed E-state index contributed by atoms with van der Waals surface area (Å²) >= 11 is 0. The van der Waals surface area contributed by atoms with Gasteiger partial charge in [0, 0.05) is 31.5 Å². The first kappa shape index (κ1) is 14.7. The molecule has 5 nitrogen and oxygen atoms in total. The third kappa shape index (κ3) is 3.50. The SMILES string of the molecule is O=C(CCc1nc(-c2cccc(F)c2)no1)N1CCCCC1. The van der Waals surface area contributed by atoms with Crippen LogP contribution in [0, 0.1) is 5.82 Å². The largest absolute Gasteiger partial charge is 0.343 e. The molecule has 116 valence electrons. The quantitative estimate of drug-likeness (QED) is 0.871. The number of benzene rings is 1. The molecule has 0 radical (unpaired) electrons. The summed E-state index contributed by atoms with van der Waals surface area (Å²) in [5.41, 5.74) is 0.567. The first-order chi connectivity index (χ1) is 10.7. The number of halogens is 1. The zero-order valence-electron chi connectivity index (χ0n) is 12.3. The number of aryl methyl sites for hydroxylation is 1. The van der Waals surface area contributed by atoms with Crippen LogP contribution in [0.1, 0.15) is 31.6 Å². The van der Waals surface area contributed by atoms with Crippen molar-refractivity contribution in [2.75, 3.05) is 13.1 Å². The molecule has 3 rings (SSSR count). The predicted octanol–water partition coefficient (Wildman–Crippen LogP) is 2.82. The fraction of sp³-hybridized carbons (Fsp3) is 0.438. The Bertz CT molecular complexity index is 650. The highest BCUT2D eigenvalue weighted by molar-refractivity contribution is 5.76. The summed E-state index contributed by atoms with van der Waals surface area (Å²) < 4.78 is 18.3. The molecule has 0 N–H and O–H groups in total. The maximum Gasteiger partial charge on any atom is 0.227 e. The molecule has 1 amide bonds. The second-order valence-corrected chi connectivity index (χ2v) is 5.46. The molecule has 0 aliphatic carbocycles. The van der Waals surface area contributed by atoms with Gasteiger partial charge in [0.25, 0.3) is 0 Å². The Hall–Kier alpha value is -2.24. The van der Waals surface area contributed by atoms with Crippen LogP contribution in [-0.4, -0.2) is 34.0 Å². The number of carbonyl (C=O) groups excluding carboxylic acids is 1. The van der Waals surface area contributed by atoms with E-state index in [-0.39, 0.29) is 11.7 Å². The minimum Gasteiger partial charge on any atom is -0.343 e. The molecule has 0 spiro atoms. The highest BCUT2D eigenvalue weighted by Crippen LogP contribution is 2.17. The summed E-state index contributed by atoms with van der Waals surface area (Å²) in [4.78, 5) is 18.2. The smallest absolute Gasteiger partial charge is 0.227 e. The van der Waals surface area contributed by atoms with E-state index in [0.717, 1.165) is 25.9 Å². The predicted molar refractivity (Wildman–Crippen MR) is 78.4 cm³/mol. The number of hydrogen-bond acceptors (Lipinski definition) is 4. The zero-order valence-corrected chi connectivity index (χ0v) is 12.3. The van der Waals surface area contributed by atoms with Gasteiger partial charge in [-0.2, -0.15) is 4.98 Å². The number of hydrogen-bond donors (Lipinski definition) is 0. The first-order valence-corrected chi connectivity index (χ1v) is 7.59. The van der Waals surface area contributed by atoms with Crippen molar-refractivity contribution in [3.8, 4) is 11.4 Å². The third-order valence-corrected chi connectivity index (χ3v) is 3.81. The Balaban J connectivity index is 1.59. The molecule has 1 aliphatic heterocycles. The number of amides is 1. The average Bonchev–Trinajstić information content (AvgIpc) is 3.02. The molecule has 6 heteroatoms. The molecule has 0 atom stereocenters. The van der Waals surface area contributed by atoms with E-state index in [0.29, 0.717) is 30.1 Å². The second kappa shape index (κ2) is 6.68. The Kier molecular flexibility index (Phi) is 4.46. The van der Waals surface area contributed by atoms with Gasteiger partial charge in [0.05, 0.1) is 0 Å². The van der Waals surface area contributed by atoms with E-state index in [1.165, 1.54) is 18.6 Å². The first-order valence-electron chi connectivity index (χ1n) is 7.59. The van der Waals surface area contributed by atoms with Gasteiger partial charge in [-0.05, 0) is 31.4 Å². The van der Waals surface area contributed by atoms with Gasteiger partial charge in [-0.1, -0.05) is 17.3 Å². The van der Waals surface area contributed by atoms with Crippen LogP contribution in [0.3, 0.4) is 0 Å². The average molecular weight is 303 g/mol. The fourth-order valence-corrected chi connectivity index (χ4v) is 2.62. The van der Waals surface area contributed by atoms with Crippen LogP contribution in [-0.2, 0) is 11.2 Å². The van der Waals surface area contributed by atoms with Gasteiger partial charge in [0.1, 0.15) is 5.82 Å². The van der Waals surface area contributed by atoms with Crippen molar-refractivity contribution in [2.24, 2.45) is 0 Å². The highest BCUT2D eigenvalue weighted by atomic mass is 19.1. The van der Waals surface area contributed by atoms with Crippen molar-refractivity contribution in [2.45, 2.75) is 32.1 Å². The summed E-state index contributed by atoms with van der Waals surface area (Å²) in [5, 5.41) is 3.84. The normalized spacial score (nSPS) is 15.0. The lowest BCUT2D eigenvalue weighted by molar-refractivity contribution is -0.132. The van der Waals surface area contributed by atoms with E-state index >= 15 is 0 Å². The number of nitrogens with zero attached hydrogens (tertiary/aromatic N) is 3. The third-order valence-electron chi connectivity index (χ3n) is 3.81. The highest BCUT2D eigenvalue weighted by Gasteiger charge is 2.17. The standard InChI is InChI=1S/C16H18FN3O2/c17-13-6-4-5-12(11-13)16-18-14(22-19-16)7-8-15(21)20-9-2-1-3-10-20/h4-6,11H,1-3,7-10H2. The molecule has 1 aromatic heterocycles. The molecule has 1 aromatic carbocycles. The zero-order chi connectivity index (χ0) is 15.4. The maximum atomic E-state index is 13.2. The van der Waals surface area contributed by atoms with Crippen LogP contribution < -0.4 is 0 Å². The summed E-state index contributed by atoms with van der Waals surface area (Å²) in [6, 6.07) is 6.03. The van der Waals surface area contributed by atoms with Crippen LogP contribution in [0.25, 0.3) is 11.4 Å². The van der Waals surface area contributed by atoms with Crippen LogP contribution in [0.4, 0.5) is 4.39 Å². The number of piperidine rings is 1. The van der Waals surface area contributed by atoms with Crippen molar-refractivity contribution >= 4 is 5.91 Å². The molecule has 2 aromatic rings. The van der Waals surface area contributed by atoms with Gasteiger partial charge < -0.3 is 9.42 Å². The fourth-order valence-electron chi connectivity index (χ4n) is 2.62. The second-order valence-electron chi connectivity index (χ2n) is 5.46. The number of aromatic nitrogens is 2. The van der Waals surface area contributed by atoms with E-state index in [2.05, 4.69) is 10.1 Å². The maximum absolute atomic E-state index is 13.2.